The summed E-state index contributed by atoms with van der Waals surface area (Å²) in [5, 5.41) is 7.81. The van der Waals surface area contributed by atoms with E-state index >= 15 is 0 Å². The van der Waals surface area contributed by atoms with Gasteiger partial charge in [-0.05, 0) is 45.4 Å². The molecule has 0 heterocycles. The first-order valence-electron chi connectivity index (χ1n) is 7.05. The largest absolute Gasteiger partial charge is 0.444 e. The Hall–Kier alpha value is -2.44. The molecule has 0 atom stereocenters. The molecule has 122 valence electrons. The topological polar surface area (TPSA) is 105 Å². The Morgan fingerprint density at radius 1 is 1.18 bits per heavy atom. The number of nitrogen functional groups attached to an aromatic ring is 1. The number of amides is 3. The molecule has 0 unspecified atom stereocenters. The molecule has 0 spiro atoms. The van der Waals surface area contributed by atoms with Crippen LogP contribution in [0.25, 0.3) is 0 Å². The molecular weight excluding hydrogens is 284 g/mol. The van der Waals surface area contributed by atoms with Crippen molar-refractivity contribution in [2.45, 2.75) is 33.3 Å². The highest BCUT2D eigenvalue weighted by molar-refractivity contribution is 5.92. The normalized spacial score (nSPS) is 10.7. The summed E-state index contributed by atoms with van der Waals surface area (Å²) in [6.07, 6.45) is -0.516. The minimum Gasteiger partial charge on any atom is -0.444 e. The van der Waals surface area contributed by atoms with Crippen LogP contribution in [0.2, 0.25) is 0 Å². The lowest BCUT2D eigenvalue weighted by atomic mass is 10.2. The molecule has 5 N–H and O–H groups in total. The van der Waals surface area contributed by atoms with Crippen molar-refractivity contribution in [2.75, 3.05) is 24.1 Å². The Bertz CT molecular complexity index is 538. The molecule has 7 heteroatoms. The molecule has 0 bridgehead atoms. The highest BCUT2D eigenvalue weighted by atomic mass is 16.6. The summed E-state index contributed by atoms with van der Waals surface area (Å²) in [5.41, 5.74) is 7.33. The first-order chi connectivity index (χ1) is 10.2. The summed E-state index contributed by atoms with van der Waals surface area (Å²) in [6, 6.07) is 4.99. The minimum atomic E-state index is -0.544. The molecule has 0 aliphatic heterocycles. The molecule has 0 aliphatic rings. The van der Waals surface area contributed by atoms with Gasteiger partial charge in [0.05, 0.1) is 11.4 Å². The van der Waals surface area contributed by atoms with E-state index < -0.39 is 11.7 Å². The van der Waals surface area contributed by atoms with Gasteiger partial charge in [0.25, 0.3) is 0 Å². The second-order valence-electron chi connectivity index (χ2n) is 5.90. The van der Waals surface area contributed by atoms with Crippen LogP contribution in [0.4, 0.5) is 21.0 Å². The lowest BCUT2D eigenvalue weighted by Gasteiger charge is -2.19. The number of anilines is 2. The number of carbonyl (C=O) groups excluding carboxylic acids is 2. The quantitative estimate of drug-likeness (QED) is 0.505. The summed E-state index contributed by atoms with van der Waals surface area (Å²) in [6.45, 7) is 7.81. The van der Waals surface area contributed by atoms with Crippen LogP contribution in [0.5, 0.6) is 0 Å². The third-order valence-corrected chi connectivity index (χ3v) is 2.53. The van der Waals surface area contributed by atoms with Gasteiger partial charge in [-0.2, -0.15) is 0 Å². The van der Waals surface area contributed by atoms with Crippen LogP contribution >= 0.6 is 0 Å². The van der Waals surface area contributed by atoms with Gasteiger partial charge in [-0.1, -0.05) is 6.07 Å². The average molecular weight is 308 g/mol. The van der Waals surface area contributed by atoms with Crippen molar-refractivity contribution in [1.82, 2.24) is 10.6 Å². The van der Waals surface area contributed by atoms with Crippen molar-refractivity contribution in [3.05, 3.63) is 23.8 Å². The third kappa shape index (κ3) is 6.83. The second-order valence-corrected chi connectivity index (χ2v) is 5.90. The van der Waals surface area contributed by atoms with E-state index in [1.807, 2.05) is 13.0 Å². The van der Waals surface area contributed by atoms with E-state index in [0.29, 0.717) is 11.4 Å². The predicted molar refractivity (Wildman–Crippen MR) is 86.8 cm³/mol. The van der Waals surface area contributed by atoms with Crippen molar-refractivity contribution in [2.24, 2.45) is 0 Å². The zero-order chi connectivity index (χ0) is 16.8. The highest BCUT2D eigenvalue weighted by Gasteiger charge is 2.15. The zero-order valence-electron chi connectivity index (χ0n) is 13.4. The summed E-state index contributed by atoms with van der Waals surface area (Å²) in [4.78, 5) is 23.1. The monoisotopic (exact) mass is 308 g/mol. The van der Waals surface area contributed by atoms with Crippen molar-refractivity contribution in [3.8, 4) is 0 Å². The van der Waals surface area contributed by atoms with Crippen molar-refractivity contribution in [1.29, 1.82) is 0 Å². The first-order valence-corrected chi connectivity index (χ1v) is 7.05. The van der Waals surface area contributed by atoms with Gasteiger partial charge >= 0.3 is 12.1 Å². The van der Waals surface area contributed by atoms with Crippen LogP contribution in [-0.2, 0) is 4.74 Å². The Kier molecular flexibility index (Phi) is 6.03. The number of alkyl carbamates (subject to hydrolysis) is 1. The molecule has 0 saturated carbocycles. The molecule has 1 rings (SSSR count). The average Bonchev–Trinajstić information content (AvgIpc) is 2.36. The summed E-state index contributed by atoms with van der Waals surface area (Å²) < 4.78 is 5.07. The van der Waals surface area contributed by atoms with Crippen molar-refractivity contribution < 1.29 is 14.3 Å². The Morgan fingerprint density at radius 2 is 1.82 bits per heavy atom. The van der Waals surface area contributed by atoms with E-state index in [1.54, 1.807) is 32.9 Å². The van der Waals surface area contributed by atoms with Gasteiger partial charge in [-0.15, -0.1) is 0 Å². The van der Waals surface area contributed by atoms with Crippen molar-refractivity contribution >= 4 is 23.5 Å². The number of nitrogens with one attached hydrogen (secondary N) is 3. The third-order valence-electron chi connectivity index (χ3n) is 2.53. The molecule has 0 fully saturated rings. The van der Waals surface area contributed by atoms with Crippen LogP contribution in [0.3, 0.4) is 0 Å². The number of aryl methyl sites for hydroxylation is 1. The minimum absolute atomic E-state index is 0.270. The molecular formula is C15H24N4O3. The maximum atomic E-state index is 11.7. The fourth-order valence-electron chi connectivity index (χ4n) is 1.62. The van der Waals surface area contributed by atoms with Gasteiger partial charge in [-0.3, -0.25) is 0 Å². The van der Waals surface area contributed by atoms with Gasteiger partial charge in [0, 0.05) is 13.1 Å². The molecule has 0 aliphatic carbocycles. The van der Waals surface area contributed by atoms with E-state index in [1.165, 1.54) is 0 Å². The number of benzene rings is 1. The second kappa shape index (κ2) is 7.53. The molecule has 22 heavy (non-hydrogen) atoms. The van der Waals surface area contributed by atoms with Gasteiger partial charge in [-0.25, -0.2) is 9.59 Å². The van der Waals surface area contributed by atoms with E-state index in [0.717, 1.165) is 5.56 Å². The molecule has 3 amide bonds. The van der Waals surface area contributed by atoms with E-state index in [-0.39, 0.29) is 19.1 Å². The SMILES string of the molecule is Cc1ccc(NC(=O)NCCNC(=O)OC(C)(C)C)c(N)c1. The predicted octanol–water partition coefficient (Wildman–Crippen LogP) is 2.22. The summed E-state index contributed by atoms with van der Waals surface area (Å²) in [5.74, 6) is 0. The smallest absolute Gasteiger partial charge is 0.407 e. The van der Waals surface area contributed by atoms with E-state index in [9.17, 15) is 9.59 Å². The Labute approximate surface area is 130 Å². The number of urea groups is 1. The van der Waals surface area contributed by atoms with E-state index in [2.05, 4.69) is 16.0 Å². The molecule has 0 saturated heterocycles. The standard InChI is InChI=1S/C15H24N4O3/c1-10-5-6-12(11(16)9-10)19-13(20)17-7-8-18-14(21)22-15(2,3)4/h5-6,9H,7-8,16H2,1-4H3,(H,18,21)(H2,17,19,20). The van der Waals surface area contributed by atoms with Crippen LogP contribution in [0.15, 0.2) is 18.2 Å². The zero-order valence-corrected chi connectivity index (χ0v) is 13.4. The number of nitrogens with two attached hydrogens (primary N) is 1. The van der Waals surface area contributed by atoms with Gasteiger partial charge in [0.1, 0.15) is 5.60 Å². The molecule has 0 aromatic heterocycles. The number of rotatable bonds is 4. The fraction of sp³-hybridized carbons (Fsp3) is 0.467. The lowest BCUT2D eigenvalue weighted by Crippen LogP contribution is -2.39. The fourth-order valence-corrected chi connectivity index (χ4v) is 1.62. The number of ether oxygens (including phenoxy) is 1. The van der Waals surface area contributed by atoms with Crippen LogP contribution in [-0.4, -0.2) is 30.8 Å². The molecule has 1 aromatic rings. The number of carbonyl (C=O) groups is 2. The maximum absolute atomic E-state index is 11.7. The Morgan fingerprint density at radius 3 is 2.41 bits per heavy atom. The molecule has 0 radical (unpaired) electrons. The summed E-state index contributed by atoms with van der Waals surface area (Å²) >= 11 is 0. The van der Waals surface area contributed by atoms with Gasteiger partial charge in [0.2, 0.25) is 0 Å². The lowest BCUT2D eigenvalue weighted by molar-refractivity contribution is 0.0528. The van der Waals surface area contributed by atoms with Gasteiger partial charge < -0.3 is 26.4 Å². The summed E-state index contributed by atoms with van der Waals surface area (Å²) in [7, 11) is 0. The number of hydrogen-bond donors (Lipinski definition) is 4. The van der Waals surface area contributed by atoms with Crippen LogP contribution in [0.1, 0.15) is 26.3 Å². The Balaban J connectivity index is 2.28. The van der Waals surface area contributed by atoms with E-state index in [4.69, 9.17) is 10.5 Å². The van der Waals surface area contributed by atoms with Gasteiger partial charge in [0.15, 0.2) is 0 Å². The molecule has 7 nitrogen and oxygen atoms in total. The van der Waals surface area contributed by atoms with Crippen molar-refractivity contribution in [3.63, 3.8) is 0 Å². The van der Waals surface area contributed by atoms with Crippen LogP contribution in [0, 0.1) is 6.92 Å². The molecule has 1 aromatic carbocycles. The first kappa shape index (κ1) is 17.6. The maximum Gasteiger partial charge on any atom is 0.407 e. The number of hydrogen-bond acceptors (Lipinski definition) is 4. The van der Waals surface area contributed by atoms with Crippen LogP contribution < -0.4 is 21.7 Å². The highest BCUT2D eigenvalue weighted by Crippen LogP contribution is 2.18.